The monoisotopic (exact) mass is 798 g/mol. The van der Waals surface area contributed by atoms with Gasteiger partial charge in [0.1, 0.15) is 47.8 Å². The number of rotatable bonds is 6. The quantitative estimate of drug-likeness (QED) is 0.339. The van der Waals surface area contributed by atoms with Gasteiger partial charge in [0, 0.05) is 40.4 Å². The molecule has 58 heavy (non-hydrogen) atoms. The fourth-order valence-corrected chi connectivity index (χ4v) is 7.26. The van der Waals surface area contributed by atoms with E-state index in [1.807, 2.05) is 6.92 Å². The summed E-state index contributed by atoms with van der Waals surface area (Å²) < 4.78 is 17.0. The van der Waals surface area contributed by atoms with Gasteiger partial charge in [-0.3, -0.25) is 28.8 Å². The molecule has 3 N–H and O–H groups in total. The molecular weight excluding hydrogens is 745 g/mol. The Hall–Kier alpha value is -6.12. The molecule has 1 fully saturated rings. The number of hydrogen-bond donors (Lipinski definition) is 3. The second-order valence-electron chi connectivity index (χ2n) is 14.9. The first-order valence-corrected chi connectivity index (χ1v) is 19.4. The molecule has 0 radical (unpaired) electrons. The minimum Gasteiger partial charge on any atom is -0.497 e. The van der Waals surface area contributed by atoms with Crippen LogP contribution in [0.1, 0.15) is 50.3 Å². The summed E-state index contributed by atoms with van der Waals surface area (Å²) in [5.74, 6) is -1.51. The van der Waals surface area contributed by atoms with Crippen LogP contribution in [0.25, 0.3) is 0 Å². The van der Waals surface area contributed by atoms with Crippen LogP contribution in [-0.2, 0) is 48.0 Å². The summed E-state index contributed by atoms with van der Waals surface area (Å²) in [4.78, 5) is 89.3. The van der Waals surface area contributed by atoms with Crippen molar-refractivity contribution in [3.05, 3.63) is 83.4 Å². The summed E-state index contributed by atoms with van der Waals surface area (Å²) in [6.07, 6.45) is 0.890. The van der Waals surface area contributed by atoms with E-state index >= 15 is 0 Å². The van der Waals surface area contributed by atoms with E-state index in [-0.39, 0.29) is 25.7 Å². The molecule has 3 aromatic rings. The van der Waals surface area contributed by atoms with Gasteiger partial charge in [-0.25, -0.2) is 0 Å². The molecule has 15 nitrogen and oxygen atoms in total. The predicted molar refractivity (Wildman–Crippen MR) is 215 cm³/mol. The number of nitrogens with zero attached hydrogens (tertiary/aromatic N) is 3. The summed E-state index contributed by atoms with van der Waals surface area (Å²) in [6.45, 7) is 4.87. The highest BCUT2D eigenvalue weighted by molar-refractivity contribution is 5.98. The largest absolute Gasteiger partial charge is 0.497 e. The van der Waals surface area contributed by atoms with Crippen LogP contribution < -0.4 is 30.2 Å². The molecule has 6 atom stereocenters. The first-order valence-electron chi connectivity index (χ1n) is 19.4. The van der Waals surface area contributed by atoms with Gasteiger partial charge in [0.2, 0.25) is 35.4 Å². The predicted octanol–water partition coefficient (Wildman–Crippen LogP) is 2.63. The fourth-order valence-electron chi connectivity index (χ4n) is 7.26. The van der Waals surface area contributed by atoms with Gasteiger partial charge in [-0.05, 0) is 73.4 Å². The molecule has 6 rings (SSSR count). The Labute approximate surface area is 339 Å². The van der Waals surface area contributed by atoms with Gasteiger partial charge in [-0.15, -0.1) is 0 Å². The van der Waals surface area contributed by atoms with Gasteiger partial charge in [-0.1, -0.05) is 43.7 Å². The van der Waals surface area contributed by atoms with Crippen LogP contribution in [0, 0.1) is 0 Å². The van der Waals surface area contributed by atoms with Crippen LogP contribution in [0.15, 0.2) is 66.7 Å². The minimum atomic E-state index is -1.16. The normalized spacial score (nSPS) is 23.9. The van der Waals surface area contributed by atoms with E-state index < -0.39 is 71.7 Å². The summed E-state index contributed by atoms with van der Waals surface area (Å²) >= 11 is 0. The second-order valence-corrected chi connectivity index (χ2v) is 14.9. The number of ether oxygens (including phenoxy) is 3. The first kappa shape index (κ1) is 43.0. The molecule has 3 heterocycles. The van der Waals surface area contributed by atoms with Gasteiger partial charge in [0.25, 0.3) is 0 Å². The highest BCUT2D eigenvalue weighted by Gasteiger charge is 2.39. The van der Waals surface area contributed by atoms with Crippen LogP contribution >= 0.6 is 0 Å². The standard InChI is InChI=1S/C43H54N6O9/c1-9-10-32-38(50)44-25(2)41(53)47(4)33(21-27-11-16-30(56-7)17-12-27)39(51)45-26(3)42(54)49(6)35-22-28-13-18-31(19-14-28)58-37-24-29(15-20-36(37)57-8)23-34(40(52)46-32)48(5)43(35)55/h11-20,24-26,32-35H,9-10,21-23H2,1-8H3,(H,44,50)(H,45,51)(H,46,52)/t25-,26-,32+,33+,34+,35+/m1/s1. The SMILES string of the molecule is CCC[C@@H]1NC(=O)[C@@H]2Cc3ccc(OC)c(c3)Oc3ccc(cc3)C[C@@H](C(=O)N2C)N(C)C(=O)[C@@H](C)NC(=O)[C@H](Cc2ccc(OC)cc2)N(C)C(=O)[C@@H](C)NC1=O. The summed E-state index contributed by atoms with van der Waals surface area (Å²) in [5.41, 5.74) is 2.04. The maximum Gasteiger partial charge on any atom is 0.246 e. The third kappa shape index (κ3) is 9.87. The van der Waals surface area contributed by atoms with Crippen molar-refractivity contribution in [2.75, 3.05) is 35.4 Å². The molecule has 15 heteroatoms. The van der Waals surface area contributed by atoms with Gasteiger partial charge in [0.15, 0.2) is 11.5 Å². The molecule has 310 valence electrons. The average molecular weight is 799 g/mol. The second kappa shape index (κ2) is 18.9. The van der Waals surface area contributed by atoms with Crippen molar-refractivity contribution >= 4 is 35.4 Å². The van der Waals surface area contributed by atoms with E-state index in [1.165, 1.54) is 63.9 Å². The van der Waals surface area contributed by atoms with Crippen molar-refractivity contribution in [1.29, 1.82) is 0 Å². The zero-order chi connectivity index (χ0) is 42.3. The number of methoxy groups -OCH3 is 2. The van der Waals surface area contributed by atoms with Crippen LogP contribution in [0.4, 0.5) is 0 Å². The van der Waals surface area contributed by atoms with Crippen molar-refractivity contribution in [2.24, 2.45) is 0 Å². The topological polar surface area (TPSA) is 176 Å². The molecular formula is C43H54N6O9. The summed E-state index contributed by atoms with van der Waals surface area (Å²) in [5, 5.41) is 8.38. The number of amides is 6. The van der Waals surface area contributed by atoms with E-state index in [0.29, 0.717) is 46.1 Å². The highest BCUT2D eigenvalue weighted by atomic mass is 16.5. The lowest BCUT2D eigenvalue weighted by Crippen LogP contribution is -2.62. The molecule has 0 saturated carbocycles. The number of benzene rings is 3. The number of likely N-dealkylation sites (N-methyl/N-ethyl adjacent to an activating group) is 3. The Kier molecular flexibility index (Phi) is 14.0. The zero-order valence-corrected chi connectivity index (χ0v) is 34.4. The molecule has 0 unspecified atom stereocenters. The molecule has 3 aliphatic heterocycles. The van der Waals surface area contributed by atoms with E-state index in [9.17, 15) is 28.8 Å². The Morgan fingerprint density at radius 3 is 1.86 bits per heavy atom. The maximum atomic E-state index is 14.8. The molecule has 3 aliphatic rings. The van der Waals surface area contributed by atoms with Gasteiger partial charge < -0.3 is 44.9 Å². The molecule has 6 bridgehead atoms. The Morgan fingerprint density at radius 1 is 0.655 bits per heavy atom. The fraction of sp³-hybridized carbons (Fsp3) is 0.442. The highest BCUT2D eigenvalue weighted by Crippen LogP contribution is 2.34. The number of carbonyl (C=O) groups is 6. The first-order chi connectivity index (χ1) is 27.6. The van der Waals surface area contributed by atoms with Crippen molar-refractivity contribution < 1.29 is 43.0 Å². The lowest BCUT2D eigenvalue weighted by molar-refractivity contribution is -0.149. The van der Waals surface area contributed by atoms with Crippen LogP contribution in [0.5, 0.6) is 23.0 Å². The number of nitrogens with one attached hydrogen (secondary N) is 3. The van der Waals surface area contributed by atoms with Crippen LogP contribution in [0.3, 0.4) is 0 Å². The van der Waals surface area contributed by atoms with E-state index in [2.05, 4.69) is 16.0 Å². The van der Waals surface area contributed by atoms with Crippen molar-refractivity contribution in [2.45, 2.75) is 89.1 Å². The lowest BCUT2D eigenvalue weighted by Gasteiger charge is -2.37. The zero-order valence-electron chi connectivity index (χ0n) is 34.4. The van der Waals surface area contributed by atoms with Crippen molar-refractivity contribution in [3.8, 4) is 23.0 Å². The molecule has 0 aliphatic carbocycles. The maximum absolute atomic E-state index is 14.8. The number of hydrogen-bond acceptors (Lipinski definition) is 9. The lowest BCUT2D eigenvalue weighted by atomic mass is 9.98. The van der Waals surface area contributed by atoms with Crippen molar-refractivity contribution in [1.82, 2.24) is 30.7 Å². The summed E-state index contributed by atoms with van der Waals surface area (Å²) in [7, 11) is 7.50. The Morgan fingerprint density at radius 2 is 1.24 bits per heavy atom. The number of carbonyl (C=O) groups excluding carboxylic acids is 6. The smallest absolute Gasteiger partial charge is 0.246 e. The Balaban J connectivity index is 1.60. The molecule has 6 amide bonds. The summed E-state index contributed by atoms with van der Waals surface area (Å²) in [6, 6.07) is 12.6. The van der Waals surface area contributed by atoms with Gasteiger partial charge in [0.05, 0.1) is 14.2 Å². The van der Waals surface area contributed by atoms with Crippen LogP contribution in [0.2, 0.25) is 0 Å². The third-order valence-electron chi connectivity index (χ3n) is 10.8. The van der Waals surface area contributed by atoms with E-state index in [1.54, 1.807) is 66.7 Å². The molecule has 0 aromatic heterocycles. The van der Waals surface area contributed by atoms with Gasteiger partial charge >= 0.3 is 0 Å². The molecule has 3 aromatic carbocycles. The molecule has 0 spiro atoms. The molecule has 1 saturated heterocycles. The van der Waals surface area contributed by atoms with Crippen molar-refractivity contribution in [3.63, 3.8) is 0 Å². The van der Waals surface area contributed by atoms with E-state index in [0.717, 1.165) is 0 Å². The third-order valence-corrected chi connectivity index (χ3v) is 10.8. The minimum absolute atomic E-state index is 0.0125. The average Bonchev–Trinajstić information content (AvgIpc) is 3.22. The van der Waals surface area contributed by atoms with Crippen LogP contribution in [-0.4, -0.2) is 122 Å². The van der Waals surface area contributed by atoms with E-state index in [4.69, 9.17) is 14.2 Å². The Bertz CT molecular complexity index is 1990. The number of fused-ring (bicyclic) bond motifs is 2. The van der Waals surface area contributed by atoms with Gasteiger partial charge in [-0.2, -0.15) is 0 Å².